The molecule has 0 saturated heterocycles. The molecule has 108 valence electrons. The summed E-state index contributed by atoms with van der Waals surface area (Å²) in [4.78, 5) is 4.03. The summed E-state index contributed by atoms with van der Waals surface area (Å²) in [5, 5.41) is 3.42. The third-order valence-corrected chi connectivity index (χ3v) is 2.97. The summed E-state index contributed by atoms with van der Waals surface area (Å²) in [5.41, 5.74) is 0. The van der Waals surface area contributed by atoms with Crippen LogP contribution in [0.15, 0.2) is 43.0 Å². The number of rotatable bonds is 8. The first-order valence-corrected chi connectivity index (χ1v) is 6.74. The van der Waals surface area contributed by atoms with Crippen molar-refractivity contribution in [2.24, 2.45) is 0 Å². The molecular formula is C15H21N3O2. The molecule has 0 saturated carbocycles. The van der Waals surface area contributed by atoms with Crippen molar-refractivity contribution in [2.75, 3.05) is 20.3 Å². The Morgan fingerprint density at radius 3 is 2.65 bits per heavy atom. The van der Waals surface area contributed by atoms with Gasteiger partial charge in [-0.1, -0.05) is 0 Å². The van der Waals surface area contributed by atoms with Crippen LogP contribution in [0.4, 0.5) is 0 Å². The van der Waals surface area contributed by atoms with Gasteiger partial charge in [0.2, 0.25) is 0 Å². The molecule has 5 heteroatoms. The Morgan fingerprint density at radius 2 is 2.00 bits per heavy atom. The average Bonchev–Trinajstić information content (AvgIpc) is 2.97. The quantitative estimate of drug-likeness (QED) is 0.748. The summed E-state index contributed by atoms with van der Waals surface area (Å²) < 4.78 is 12.8. The molecule has 1 N–H and O–H groups in total. The Hall–Kier alpha value is -2.01. The summed E-state index contributed by atoms with van der Waals surface area (Å²) in [7, 11) is 1.65. The molecule has 5 nitrogen and oxygen atoms in total. The zero-order chi connectivity index (χ0) is 14.2. The third kappa shape index (κ3) is 4.59. The molecule has 1 heterocycles. The zero-order valence-corrected chi connectivity index (χ0v) is 12.0. The average molecular weight is 275 g/mol. The third-order valence-electron chi connectivity index (χ3n) is 2.97. The van der Waals surface area contributed by atoms with E-state index in [-0.39, 0.29) is 0 Å². The normalized spacial score (nSPS) is 12.1. The van der Waals surface area contributed by atoms with Crippen molar-refractivity contribution in [3.05, 3.63) is 43.0 Å². The number of aromatic nitrogens is 2. The summed E-state index contributed by atoms with van der Waals surface area (Å²) >= 11 is 0. The number of imidazole rings is 1. The van der Waals surface area contributed by atoms with Gasteiger partial charge in [0.05, 0.1) is 13.4 Å². The van der Waals surface area contributed by atoms with Crippen molar-refractivity contribution < 1.29 is 9.47 Å². The first kappa shape index (κ1) is 14.4. The minimum absolute atomic E-state index is 0.378. The summed E-state index contributed by atoms with van der Waals surface area (Å²) in [5.74, 6) is 1.69. The fourth-order valence-electron chi connectivity index (χ4n) is 1.92. The second-order valence-corrected chi connectivity index (χ2v) is 4.64. The van der Waals surface area contributed by atoms with Crippen LogP contribution in [-0.4, -0.2) is 35.9 Å². The molecule has 1 aromatic heterocycles. The first-order chi connectivity index (χ1) is 9.78. The van der Waals surface area contributed by atoms with Gasteiger partial charge in [0, 0.05) is 31.5 Å². The molecule has 1 atom stereocenters. The summed E-state index contributed by atoms with van der Waals surface area (Å²) in [6.45, 7) is 4.50. The second-order valence-electron chi connectivity index (χ2n) is 4.64. The van der Waals surface area contributed by atoms with Crippen LogP contribution < -0.4 is 14.8 Å². The number of ether oxygens (including phenoxy) is 2. The number of benzene rings is 1. The Labute approximate surface area is 119 Å². The number of methoxy groups -OCH3 is 1. The lowest BCUT2D eigenvalue weighted by Gasteiger charge is -2.14. The van der Waals surface area contributed by atoms with Gasteiger partial charge in [-0.25, -0.2) is 4.98 Å². The maximum absolute atomic E-state index is 5.65. The minimum atomic E-state index is 0.378. The van der Waals surface area contributed by atoms with Gasteiger partial charge in [0.25, 0.3) is 0 Å². The van der Waals surface area contributed by atoms with Gasteiger partial charge in [0.15, 0.2) is 0 Å². The van der Waals surface area contributed by atoms with E-state index in [1.54, 1.807) is 13.3 Å². The molecular weight excluding hydrogens is 254 g/mol. The summed E-state index contributed by atoms with van der Waals surface area (Å²) in [6, 6.07) is 7.99. The van der Waals surface area contributed by atoms with E-state index < -0.39 is 0 Å². The number of hydrogen-bond acceptors (Lipinski definition) is 4. The standard InChI is InChI=1S/C15H21N3O2/c1-13(11-18-9-7-16-12-18)17-8-10-20-15-5-3-14(19-2)4-6-15/h3-7,9,12-13,17H,8,10-11H2,1-2H3. The molecule has 2 aromatic rings. The van der Waals surface area contributed by atoms with Gasteiger partial charge in [-0.05, 0) is 31.2 Å². The van der Waals surface area contributed by atoms with Crippen molar-refractivity contribution in [3.63, 3.8) is 0 Å². The minimum Gasteiger partial charge on any atom is -0.497 e. The van der Waals surface area contributed by atoms with Crippen LogP contribution >= 0.6 is 0 Å². The molecule has 0 aliphatic carbocycles. The van der Waals surface area contributed by atoms with Gasteiger partial charge in [-0.2, -0.15) is 0 Å². The molecule has 0 amide bonds. The van der Waals surface area contributed by atoms with E-state index in [2.05, 4.69) is 21.8 Å². The largest absolute Gasteiger partial charge is 0.497 e. The lowest BCUT2D eigenvalue weighted by atomic mass is 10.3. The lowest BCUT2D eigenvalue weighted by Crippen LogP contribution is -2.33. The van der Waals surface area contributed by atoms with E-state index in [4.69, 9.17) is 9.47 Å². The smallest absolute Gasteiger partial charge is 0.119 e. The van der Waals surface area contributed by atoms with Gasteiger partial charge < -0.3 is 19.4 Å². The van der Waals surface area contributed by atoms with E-state index in [9.17, 15) is 0 Å². The van der Waals surface area contributed by atoms with Crippen LogP contribution in [-0.2, 0) is 6.54 Å². The van der Waals surface area contributed by atoms with Crippen LogP contribution in [0, 0.1) is 0 Å². The van der Waals surface area contributed by atoms with Gasteiger partial charge in [0.1, 0.15) is 18.1 Å². The summed E-state index contributed by atoms with van der Waals surface area (Å²) in [6.07, 6.45) is 5.58. The molecule has 0 fully saturated rings. The van der Waals surface area contributed by atoms with Crippen LogP contribution in [0.5, 0.6) is 11.5 Å². The highest BCUT2D eigenvalue weighted by Crippen LogP contribution is 2.16. The Kier molecular flexibility index (Phi) is 5.43. The first-order valence-electron chi connectivity index (χ1n) is 6.74. The van der Waals surface area contributed by atoms with Crippen LogP contribution in [0.25, 0.3) is 0 Å². The molecule has 2 rings (SSSR count). The number of nitrogens with zero attached hydrogens (tertiary/aromatic N) is 2. The van der Waals surface area contributed by atoms with Crippen molar-refractivity contribution >= 4 is 0 Å². The van der Waals surface area contributed by atoms with E-state index in [0.29, 0.717) is 12.6 Å². The predicted octanol–water partition coefficient (Wildman–Crippen LogP) is 1.95. The second kappa shape index (κ2) is 7.55. The molecule has 0 aliphatic heterocycles. The van der Waals surface area contributed by atoms with Gasteiger partial charge in [-0.15, -0.1) is 0 Å². The van der Waals surface area contributed by atoms with E-state index in [1.807, 2.05) is 36.8 Å². The molecule has 0 bridgehead atoms. The molecule has 1 aromatic carbocycles. The maximum Gasteiger partial charge on any atom is 0.119 e. The SMILES string of the molecule is COc1ccc(OCCNC(C)Cn2ccnc2)cc1. The van der Waals surface area contributed by atoms with Crippen molar-refractivity contribution in [2.45, 2.75) is 19.5 Å². The fraction of sp³-hybridized carbons (Fsp3) is 0.400. The zero-order valence-electron chi connectivity index (χ0n) is 12.0. The molecule has 0 radical (unpaired) electrons. The molecule has 1 unspecified atom stereocenters. The van der Waals surface area contributed by atoms with Crippen LogP contribution in [0.2, 0.25) is 0 Å². The molecule has 0 aliphatic rings. The maximum atomic E-state index is 5.65. The highest BCUT2D eigenvalue weighted by Gasteiger charge is 2.02. The van der Waals surface area contributed by atoms with Crippen molar-refractivity contribution in [3.8, 4) is 11.5 Å². The van der Waals surface area contributed by atoms with Crippen molar-refractivity contribution in [1.82, 2.24) is 14.9 Å². The van der Waals surface area contributed by atoms with Gasteiger partial charge >= 0.3 is 0 Å². The van der Waals surface area contributed by atoms with Crippen molar-refractivity contribution in [1.29, 1.82) is 0 Å². The molecule has 0 spiro atoms. The highest BCUT2D eigenvalue weighted by atomic mass is 16.5. The lowest BCUT2D eigenvalue weighted by molar-refractivity contribution is 0.302. The molecule has 20 heavy (non-hydrogen) atoms. The van der Waals surface area contributed by atoms with E-state index >= 15 is 0 Å². The fourth-order valence-corrected chi connectivity index (χ4v) is 1.92. The predicted molar refractivity (Wildman–Crippen MR) is 78.2 cm³/mol. The van der Waals surface area contributed by atoms with Gasteiger partial charge in [-0.3, -0.25) is 0 Å². The number of hydrogen-bond donors (Lipinski definition) is 1. The van der Waals surface area contributed by atoms with Crippen LogP contribution in [0.1, 0.15) is 6.92 Å². The Bertz CT molecular complexity index is 482. The monoisotopic (exact) mass is 275 g/mol. The number of nitrogens with one attached hydrogen (secondary N) is 1. The highest BCUT2D eigenvalue weighted by molar-refractivity contribution is 5.31. The Morgan fingerprint density at radius 1 is 1.25 bits per heavy atom. The van der Waals surface area contributed by atoms with E-state index in [1.165, 1.54) is 0 Å². The Balaban J connectivity index is 1.63. The topological polar surface area (TPSA) is 48.3 Å². The van der Waals surface area contributed by atoms with Crippen LogP contribution in [0.3, 0.4) is 0 Å². The van der Waals surface area contributed by atoms with E-state index in [0.717, 1.165) is 24.6 Å².